The van der Waals surface area contributed by atoms with Crippen LogP contribution in [0.25, 0.3) is 0 Å². The minimum Gasteiger partial charge on any atom is -0.490 e. The van der Waals surface area contributed by atoms with E-state index in [1.54, 1.807) is 0 Å². The average Bonchev–Trinajstić information content (AvgIpc) is 2.34. The number of benzene rings is 1. The second kappa shape index (κ2) is 8.35. The van der Waals surface area contributed by atoms with E-state index in [0.29, 0.717) is 23.8 Å². The molecule has 1 atom stereocenters. The Labute approximate surface area is 114 Å². The van der Waals surface area contributed by atoms with Crippen LogP contribution in [-0.4, -0.2) is 30.9 Å². The Hall–Kier alpha value is -0.770. The van der Waals surface area contributed by atoms with Gasteiger partial charge in [0.15, 0.2) is 0 Å². The standard InChI is InChI=1S/C14H22ClNO2/c1-3-7-16-12(6-8-17)10-18-14-5-4-11(2)9-13(14)15/h4-5,9,12,16-17H,3,6-8,10H2,1-2H3. The van der Waals surface area contributed by atoms with Crippen LogP contribution >= 0.6 is 11.6 Å². The maximum absolute atomic E-state index is 9.00. The summed E-state index contributed by atoms with van der Waals surface area (Å²) >= 11 is 6.10. The van der Waals surface area contributed by atoms with Crippen molar-refractivity contribution >= 4 is 11.6 Å². The average molecular weight is 272 g/mol. The van der Waals surface area contributed by atoms with Crippen molar-refractivity contribution in [2.45, 2.75) is 32.7 Å². The smallest absolute Gasteiger partial charge is 0.137 e. The van der Waals surface area contributed by atoms with E-state index < -0.39 is 0 Å². The summed E-state index contributed by atoms with van der Waals surface area (Å²) in [5.74, 6) is 0.698. The molecule has 0 aliphatic carbocycles. The molecule has 0 fully saturated rings. The molecule has 0 aliphatic heterocycles. The van der Waals surface area contributed by atoms with E-state index in [2.05, 4.69) is 12.2 Å². The summed E-state index contributed by atoms with van der Waals surface area (Å²) in [5.41, 5.74) is 1.11. The minimum absolute atomic E-state index is 0.159. The molecule has 0 aromatic heterocycles. The van der Waals surface area contributed by atoms with Gasteiger partial charge in [0.1, 0.15) is 12.4 Å². The molecule has 0 bridgehead atoms. The predicted octanol–water partition coefficient (Wildman–Crippen LogP) is 2.78. The molecule has 0 spiro atoms. The zero-order valence-corrected chi connectivity index (χ0v) is 11.8. The van der Waals surface area contributed by atoms with Gasteiger partial charge < -0.3 is 15.2 Å². The first-order valence-electron chi connectivity index (χ1n) is 6.40. The topological polar surface area (TPSA) is 41.5 Å². The van der Waals surface area contributed by atoms with Crippen LogP contribution in [0.3, 0.4) is 0 Å². The Kier molecular flexibility index (Phi) is 7.09. The van der Waals surface area contributed by atoms with Gasteiger partial charge in [-0.2, -0.15) is 0 Å². The summed E-state index contributed by atoms with van der Waals surface area (Å²) in [6, 6.07) is 5.90. The Morgan fingerprint density at radius 2 is 2.22 bits per heavy atom. The fourth-order valence-electron chi connectivity index (χ4n) is 1.66. The van der Waals surface area contributed by atoms with Crippen molar-refractivity contribution in [2.75, 3.05) is 19.8 Å². The Balaban J connectivity index is 2.49. The van der Waals surface area contributed by atoms with Gasteiger partial charge in [0.05, 0.1) is 5.02 Å². The number of halogens is 1. The zero-order valence-electron chi connectivity index (χ0n) is 11.1. The van der Waals surface area contributed by atoms with Crippen LogP contribution < -0.4 is 10.1 Å². The van der Waals surface area contributed by atoms with Crippen molar-refractivity contribution in [3.05, 3.63) is 28.8 Å². The lowest BCUT2D eigenvalue weighted by Crippen LogP contribution is -2.36. The highest BCUT2D eigenvalue weighted by Gasteiger charge is 2.09. The lowest BCUT2D eigenvalue weighted by atomic mass is 10.2. The number of ether oxygens (including phenoxy) is 1. The maximum atomic E-state index is 9.00. The van der Waals surface area contributed by atoms with Crippen LogP contribution in [0.1, 0.15) is 25.3 Å². The molecule has 1 unspecified atom stereocenters. The molecule has 0 saturated carbocycles. The molecule has 0 heterocycles. The number of aliphatic hydroxyl groups excluding tert-OH is 1. The predicted molar refractivity (Wildman–Crippen MR) is 75.5 cm³/mol. The van der Waals surface area contributed by atoms with Gasteiger partial charge in [-0.3, -0.25) is 0 Å². The third kappa shape index (κ3) is 5.25. The molecule has 1 aromatic carbocycles. The zero-order chi connectivity index (χ0) is 13.4. The van der Waals surface area contributed by atoms with E-state index in [1.807, 2.05) is 25.1 Å². The maximum Gasteiger partial charge on any atom is 0.137 e. The summed E-state index contributed by atoms with van der Waals surface area (Å²) in [6.45, 7) is 5.71. The number of nitrogens with one attached hydrogen (secondary N) is 1. The number of hydrogen-bond donors (Lipinski definition) is 2. The summed E-state index contributed by atoms with van der Waals surface area (Å²) < 4.78 is 5.70. The molecule has 2 N–H and O–H groups in total. The van der Waals surface area contributed by atoms with Crippen LogP contribution in [0.5, 0.6) is 5.75 Å². The van der Waals surface area contributed by atoms with Gasteiger partial charge in [-0.1, -0.05) is 24.6 Å². The molecule has 0 aliphatic rings. The second-order valence-electron chi connectivity index (χ2n) is 4.41. The quantitative estimate of drug-likeness (QED) is 0.764. The number of hydrogen-bond acceptors (Lipinski definition) is 3. The first-order chi connectivity index (χ1) is 8.67. The Morgan fingerprint density at radius 3 is 2.83 bits per heavy atom. The van der Waals surface area contributed by atoms with Crippen molar-refractivity contribution < 1.29 is 9.84 Å². The Morgan fingerprint density at radius 1 is 1.44 bits per heavy atom. The Bertz CT molecular complexity index is 358. The molecule has 0 saturated heterocycles. The summed E-state index contributed by atoms with van der Waals surface area (Å²) in [5, 5.41) is 13.0. The third-order valence-electron chi connectivity index (χ3n) is 2.69. The van der Waals surface area contributed by atoms with Crippen molar-refractivity contribution in [2.24, 2.45) is 0 Å². The third-order valence-corrected chi connectivity index (χ3v) is 2.98. The van der Waals surface area contributed by atoms with E-state index in [9.17, 15) is 0 Å². The van der Waals surface area contributed by atoms with E-state index >= 15 is 0 Å². The minimum atomic E-state index is 0.159. The van der Waals surface area contributed by atoms with E-state index in [0.717, 1.165) is 18.5 Å². The first-order valence-corrected chi connectivity index (χ1v) is 6.78. The van der Waals surface area contributed by atoms with Gasteiger partial charge in [-0.25, -0.2) is 0 Å². The normalized spacial score (nSPS) is 12.4. The van der Waals surface area contributed by atoms with Gasteiger partial charge in [-0.05, 0) is 44.0 Å². The highest BCUT2D eigenvalue weighted by molar-refractivity contribution is 6.32. The molecule has 3 nitrogen and oxygen atoms in total. The van der Waals surface area contributed by atoms with Crippen molar-refractivity contribution in [3.8, 4) is 5.75 Å². The summed E-state index contributed by atoms with van der Waals surface area (Å²) in [4.78, 5) is 0. The van der Waals surface area contributed by atoms with Crippen LogP contribution in [0, 0.1) is 6.92 Å². The molecule has 0 radical (unpaired) electrons. The first kappa shape index (κ1) is 15.3. The molecule has 4 heteroatoms. The number of rotatable bonds is 8. The van der Waals surface area contributed by atoms with Gasteiger partial charge in [0, 0.05) is 12.6 Å². The van der Waals surface area contributed by atoms with Crippen LogP contribution in [0.4, 0.5) is 0 Å². The number of aryl methyl sites for hydroxylation is 1. The lowest BCUT2D eigenvalue weighted by molar-refractivity contribution is 0.214. The second-order valence-corrected chi connectivity index (χ2v) is 4.82. The van der Waals surface area contributed by atoms with E-state index in [1.165, 1.54) is 0 Å². The molecule has 18 heavy (non-hydrogen) atoms. The van der Waals surface area contributed by atoms with Crippen molar-refractivity contribution in [1.29, 1.82) is 0 Å². The molecule has 1 rings (SSSR count). The summed E-state index contributed by atoms with van der Waals surface area (Å²) in [6.07, 6.45) is 1.75. The van der Waals surface area contributed by atoms with Crippen LogP contribution in [-0.2, 0) is 0 Å². The summed E-state index contributed by atoms with van der Waals surface area (Å²) in [7, 11) is 0. The SMILES string of the molecule is CCCNC(CCO)COc1ccc(C)cc1Cl. The van der Waals surface area contributed by atoms with Crippen LogP contribution in [0.2, 0.25) is 5.02 Å². The van der Waals surface area contributed by atoms with Gasteiger partial charge in [-0.15, -0.1) is 0 Å². The van der Waals surface area contributed by atoms with E-state index in [-0.39, 0.29) is 12.6 Å². The monoisotopic (exact) mass is 271 g/mol. The molecular weight excluding hydrogens is 250 g/mol. The highest BCUT2D eigenvalue weighted by Crippen LogP contribution is 2.25. The van der Waals surface area contributed by atoms with Gasteiger partial charge in [0.25, 0.3) is 0 Å². The van der Waals surface area contributed by atoms with Gasteiger partial charge in [0.2, 0.25) is 0 Å². The van der Waals surface area contributed by atoms with Crippen molar-refractivity contribution in [3.63, 3.8) is 0 Å². The lowest BCUT2D eigenvalue weighted by Gasteiger charge is -2.18. The van der Waals surface area contributed by atoms with Crippen molar-refractivity contribution in [1.82, 2.24) is 5.32 Å². The molecule has 1 aromatic rings. The van der Waals surface area contributed by atoms with Gasteiger partial charge >= 0.3 is 0 Å². The highest BCUT2D eigenvalue weighted by atomic mass is 35.5. The number of aliphatic hydroxyl groups is 1. The fourth-order valence-corrected chi connectivity index (χ4v) is 1.95. The fraction of sp³-hybridized carbons (Fsp3) is 0.571. The molecule has 102 valence electrons. The largest absolute Gasteiger partial charge is 0.490 e. The van der Waals surface area contributed by atoms with Crippen LogP contribution in [0.15, 0.2) is 18.2 Å². The molecule has 0 amide bonds. The van der Waals surface area contributed by atoms with E-state index in [4.69, 9.17) is 21.4 Å². The molecular formula is C14H22ClNO2.